The fourth-order valence-electron chi connectivity index (χ4n) is 2.74. The molecule has 1 heterocycles. The maximum atomic E-state index is 10.7. The van der Waals surface area contributed by atoms with Crippen LogP contribution in [0.1, 0.15) is 31.9 Å². The van der Waals surface area contributed by atoms with Crippen LogP contribution in [0.4, 0.5) is 5.69 Å². The first-order valence-electron chi connectivity index (χ1n) is 9.85. The van der Waals surface area contributed by atoms with E-state index in [1.54, 1.807) is 41.6 Å². The third-order valence-electron chi connectivity index (χ3n) is 5.56. The second kappa shape index (κ2) is 8.61. The van der Waals surface area contributed by atoms with E-state index < -0.39 is 8.32 Å². The van der Waals surface area contributed by atoms with Gasteiger partial charge in [-0.15, -0.1) is 10.2 Å². The Morgan fingerprint density at radius 3 is 2.29 bits per heavy atom. The Hall–Kier alpha value is -3.02. The van der Waals surface area contributed by atoms with Crippen molar-refractivity contribution in [2.24, 2.45) is 0 Å². The van der Waals surface area contributed by atoms with Crippen LogP contribution in [0.5, 0.6) is 11.5 Å². The van der Waals surface area contributed by atoms with Gasteiger partial charge in [0.15, 0.2) is 11.5 Å². The molecule has 1 N–H and O–H groups in total. The molecule has 3 aromatic rings. The van der Waals surface area contributed by atoms with Crippen LogP contribution in [-0.4, -0.2) is 28.3 Å². The Bertz CT molecular complexity index is 1060. The van der Waals surface area contributed by atoms with Gasteiger partial charge in [-0.05, 0) is 60.1 Å². The van der Waals surface area contributed by atoms with Gasteiger partial charge in [0, 0.05) is 0 Å². The molecule has 0 fully saturated rings. The Morgan fingerprint density at radius 2 is 1.77 bits per heavy atom. The van der Waals surface area contributed by atoms with Crippen LogP contribution in [0.2, 0.25) is 23.2 Å². The highest BCUT2D eigenvalue weighted by Gasteiger charge is 2.40. The lowest BCUT2D eigenvalue weighted by molar-refractivity contribution is 0.421. The molecule has 0 aliphatic carbocycles. The quantitative estimate of drug-likeness (QED) is 0.503. The zero-order valence-electron chi connectivity index (χ0n) is 18.3. The smallest absolute Gasteiger partial charge is 0.250 e. The van der Waals surface area contributed by atoms with Crippen molar-refractivity contribution < 1.29 is 9.53 Å². The number of hydrogen-bond donors (Lipinski definition) is 1. The van der Waals surface area contributed by atoms with Crippen molar-refractivity contribution in [1.82, 2.24) is 14.9 Å². The number of nitrogens with zero attached hydrogens (tertiary/aromatic N) is 5. The van der Waals surface area contributed by atoms with E-state index in [0.29, 0.717) is 22.9 Å². The predicted octanol–water partition coefficient (Wildman–Crippen LogP) is 5.36. The van der Waals surface area contributed by atoms with Gasteiger partial charge in [0.05, 0.1) is 28.9 Å². The van der Waals surface area contributed by atoms with E-state index in [2.05, 4.69) is 50.1 Å². The van der Waals surface area contributed by atoms with Crippen molar-refractivity contribution in [3.8, 4) is 17.6 Å². The number of benzene rings is 2. The number of phenolic OH excluding ortho intramolecular Hbond substituents is 1. The number of aromatic hydroxyl groups is 1. The first-order valence-corrected chi connectivity index (χ1v) is 13.1. The van der Waals surface area contributed by atoms with Crippen molar-refractivity contribution in [2.75, 3.05) is 5.01 Å². The third-order valence-corrected chi connectivity index (χ3v) is 10.2. The van der Waals surface area contributed by atoms with Gasteiger partial charge in [-0.3, -0.25) is 5.01 Å². The van der Waals surface area contributed by atoms with E-state index in [9.17, 15) is 5.11 Å². The summed E-state index contributed by atoms with van der Waals surface area (Å²) >= 11 is 6.54. The van der Waals surface area contributed by atoms with Gasteiger partial charge in [-0.25, -0.2) is 4.68 Å². The van der Waals surface area contributed by atoms with Gasteiger partial charge in [-0.1, -0.05) is 32.4 Å². The Kier molecular flexibility index (Phi) is 6.29. The lowest BCUT2D eigenvalue weighted by Gasteiger charge is -2.37. The van der Waals surface area contributed by atoms with Crippen molar-refractivity contribution in [3.05, 3.63) is 65.2 Å². The number of halogens is 1. The van der Waals surface area contributed by atoms with Crippen molar-refractivity contribution in [2.45, 2.75) is 45.4 Å². The molecule has 1 aromatic heterocycles. The first kappa shape index (κ1) is 22.7. The lowest BCUT2D eigenvalue weighted by Crippen LogP contribution is -2.44. The van der Waals surface area contributed by atoms with Crippen molar-refractivity contribution >= 4 is 25.6 Å². The molecule has 3 rings (SSSR count). The SMILES string of the molecule is CC(C)(C)[Si](C)(C)Oc1c(O)cc(CN(c2ccc(C#N)cc2)n2cnnc2)cc1Cl. The molecule has 0 atom stereocenters. The second-order valence-corrected chi connectivity index (χ2v) is 14.0. The van der Waals surface area contributed by atoms with E-state index in [1.807, 2.05) is 17.1 Å². The topological polar surface area (TPSA) is 87.2 Å². The molecular formula is C22H26ClN5O2Si. The largest absolute Gasteiger partial charge is 0.540 e. The molecule has 0 saturated heterocycles. The molecule has 2 aromatic carbocycles. The van der Waals surface area contributed by atoms with Gasteiger partial charge in [0.25, 0.3) is 8.32 Å². The summed E-state index contributed by atoms with van der Waals surface area (Å²) in [6.45, 7) is 11.0. The summed E-state index contributed by atoms with van der Waals surface area (Å²) in [6, 6.07) is 12.7. The van der Waals surface area contributed by atoms with Gasteiger partial charge in [-0.2, -0.15) is 5.26 Å². The summed E-state index contributed by atoms with van der Waals surface area (Å²) in [5.74, 6) is 0.335. The number of hydrogen-bond acceptors (Lipinski definition) is 6. The molecule has 0 unspecified atom stereocenters. The van der Waals surface area contributed by atoms with Gasteiger partial charge in [0.2, 0.25) is 0 Å². The van der Waals surface area contributed by atoms with Crippen LogP contribution >= 0.6 is 11.6 Å². The average Bonchev–Trinajstić information content (AvgIpc) is 3.23. The van der Waals surface area contributed by atoms with Crippen molar-refractivity contribution in [1.29, 1.82) is 5.26 Å². The van der Waals surface area contributed by atoms with Gasteiger partial charge < -0.3 is 9.53 Å². The summed E-state index contributed by atoms with van der Waals surface area (Å²) in [6.07, 6.45) is 3.16. The minimum Gasteiger partial charge on any atom is -0.540 e. The van der Waals surface area contributed by atoms with Crippen LogP contribution in [0.25, 0.3) is 0 Å². The Morgan fingerprint density at radius 1 is 1.16 bits per heavy atom. The molecule has 31 heavy (non-hydrogen) atoms. The fraction of sp³-hybridized carbons (Fsp3) is 0.318. The third kappa shape index (κ3) is 5.01. The highest BCUT2D eigenvalue weighted by Crippen LogP contribution is 2.43. The number of anilines is 1. The standard InChI is InChI=1S/C22H26ClN5O2Si/c1-22(2,3)31(4,5)30-21-19(23)10-17(11-20(21)29)13-28(27-14-25-26-15-27)18-8-6-16(12-24)7-9-18/h6-11,14-15,29H,13H2,1-5H3. The zero-order chi connectivity index (χ0) is 22.8. The fourth-order valence-corrected chi connectivity index (χ4v) is 4.11. The molecule has 0 aliphatic rings. The highest BCUT2D eigenvalue weighted by atomic mass is 35.5. The predicted molar refractivity (Wildman–Crippen MR) is 124 cm³/mol. The molecule has 0 aliphatic heterocycles. The number of phenols is 1. The molecule has 0 spiro atoms. The van der Waals surface area contributed by atoms with E-state index in [4.69, 9.17) is 21.3 Å². The highest BCUT2D eigenvalue weighted by molar-refractivity contribution is 6.74. The molecular weight excluding hydrogens is 430 g/mol. The summed E-state index contributed by atoms with van der Waals surface area (Å²) in [7, 11) is -2.17. The average molecular weight is 456 g/mol. The molecule has 9 heteroatoms. The second-order valence-electron chi connectivity index (χ2n) is 8.85. The zero-order valence-corrected chi connectivity index (χ0v) is 20.1. The minimum absolute atomic E-state index is 0.0101. The molecule has 0 saturated carbocycles. The Labute approximate surface area is 188 Å². The number of nitriles is 1. The monoisotopic (exact) mass is 455 g/mol. The summed E-state index contributed by atoms with van der Waals surface area (Å²) in [4.78, 5) is 0. The van der Waals surface area contributed by atoms with E-state index in [0.717, 1.165) is 11.3 Å². The first-order chi connectivity index (χ1) is 14.5. The molecule has 0 bridgehead atoms. The summed E-state index contributed by atoms with van der Waals surface area (Å²) in [5.41, 5.74) is 2.18. The lowest BCUT2D eigenvalue weighted by atomic mass is 10.1. The molecule has 0 radical (unpaired) electrons. The van der Waals surface area contributed by atoms with Crippen LogP contribution in [0, 0.1) is 11.3 Å². The maximum Gasteiger partial charge on any atom is 0.250 e. The minimum atomic E-state index is -2.17. The van der Waals surface area contributed by atoms with E-state index in [-0.39, 0.29) is 10.8 Å². The van der Waals surface area contributed by atoms with E-state index >= 15 is 0 Å². The Balaban J connectivity index is 1.93. The van der Waals surface area contributed by atoms with Crippen LogP contribution in [0.3, 0.4) is 0 Å². The maximum absolute atomic E-state index is 10.7. The van der Waals surface area contributed by atoms with Crippen molar-refractivity contribution in [3.63, 3.8) is 0 Å². The molecule has 0 amide bonds. The number of aromatic nitrogens is 3. The normalized spacial score (nSPS) is 11.8. The van der Waals surface area contributed by atoms with Crippen LogP contribution in [0.15, 0.2) is 49.1 Å². The van der Waals surface area contributed by atoms with Gasteiger partial charge in [0.1, 0.15) is 12.7 Å². The van der Waals surface area contributed by atoms with E-state index in [1.165, 1.54) is 0 Å². The van der Waals surface area contributed by atoms with Crippen LogP contribution < -0.4 is 9.43 Å². The molecule has 7 nitrogen and oxygen atoms in total. The summed E-state index contributed by atoms with van der Waals surface area (Å²) in [5, 5.41) is 29.8. The summed E-state index contributed by atoms with van der Waals surface area (Å²) < 4.78 is 7.99. The number of rotatable bonds is 6. The van der Waals surface area contributed by atoms with Gasteiger partial charge >= 0.3 is 0 Å². The van der Waals surface area contributed by atoms with Crippen LogP contribution in [-0.2, 0) is 6.54 Å². The molecule has 162 valence electrons.